The highest BCUT2D eigenvalue weighted by Gasteiger charge is 2.34. The van der Waals surface area contributed by atoms with Crippen LogP contribution in [0.3, 0.4) is 0 Å². The lowest BCUT2D eigenvalue weighted by Crippen LogP contribution is -2.39. The van der Waals surface area contributed by atoms with Gasteiger partial charge < -0.3 is 4.84 Å². The summed E-state index contributed by atoms with van der Waals surface area (Å²) in [6, 6.07) is 9.59. The second kappa shape index (κ2) is 10.8. The molecule has 0 aliphatic heterocycles. The van der Waals surface area contributed by atoms with E-state index in [1.165, 1.54) is 4.74 Å². The molecule has 0 aliphatic carbocycles. The van der Waals surface area contributed by atoms with Gasteiger partial charge in [-0.3, -0.25) is 0 Å². The summed E-state index contributed by atoms with van der Waals surface area (Å²) in [5.41, 5.74) is 0.753. The SMILES string of the molecule is CCOOC(N(OCC)OCC)=[N+](OCC)c1ccccc1. The number of rotatable bonds is 9. The van der Waals surface area contributed by atoms with Gasteiger partial charge in [0.1, 0.15) is 6.61 Å². The van der Waals surface area contributed by atoms with Crippen molar-refractivity contribution in [2.75, 3.05) is 26.4 Å². The van der Waals surface area contributed by atoms with Crippen LogP contribution in [0.2, 0.25) is 0 Å². The molecule has 124 valence electrons. The van der Waals surface area contributed by atoms with Crippen molar-refractivity contribution in [3.8, 4) is 0 Å². The molecule has 0 aliphatic rings. The minimum absolute atomic E-state index is 0.138. The van der Waals surface area contributed by atoms with Gasteiger partial charge in [-0.05, 0) is 39.8 Å². The maximum absolute atomic E-state index is 5.65. The van der Waals surface area contributed by atoms with Crippen molar-refractivity contribution in [3.63, 3.8) is 0 Å². The van der Waals surface area contributed by atoms with Crippen LogP contribution in [0.1, 0.15) is 27.7 Å². The van der Waals surface area contributed by atoms with Crippen molar-refractivity contribution < 1.29 is 29.0 Å². The molecule has 1 rings (SSSR count). The number of benzene rings is 1. The molecule has 0 radical (unpaired) electrons. The lowest BCUT2D eigenvalue weighted by atomic mass is 10.3. The third kappa shape index (κ3) is 5.51. The Kier molecular flexibility index (Phi) is 8.97. The van der Waals surface area contributed by atoms with Gasteiger partial charge in [0.15, 0.2) is 5.69 Å². The van der Waals surface area contributed by atoms with E-state index in [-0.39, 0.29) is 6.02 Å². The molecule has 0 fully saturated rings. The maximum Gasteiger partial charge on any atom is 0.587 e. The number of para-hydroxylation sites is 1. The van der Waals surface area contributed by atoms with Gasteiger partial charge in [-0.25, -0.2) is 4.89 Å². The molecular weight excluding hydrogens is 288 g/mol. The van der Waals surface area contributed by atoms with E-state index in [0.29, 0.717) is 26.4 Å². The van der Waals surface area contributed by atoms with Crippen LogP contribution in [0, 0.1) is 0 Å². The Balaban J connectivity index is 3.24. The Morgan fingerprint density at radius 1 is 0.909 bits per heavy atom. The third-order valence-corrected chi connectivity index (χ3v) is 2.32. The fourth-order valence-electron chi connectivity index (χ4n) is 1.56. The highest BCUT2D eigenvalue weighted by atomic mass is 17.2. The number of hydroxylamine groups is 2. The van der Waals surface area contributed by atoms with E-state index in [0.717, 1.165) is 10.9 Å². The van der Waals surface area contributed by atoms with Crippen molar-refractivity contribution in [1.29, 1.82) is 0 Å². The molecule has 0 N–H and O–H groups in total. The lowest BCUT2D eigenvalue weighted by molar-refractivity contribution is -0.744. The van der Waals surface area contributed by atoms with Crippen LogP contribution >= 0.6 is 0 Å². The zero-order valence-corrected chi connectivity index (χ0v) is 13.7. The number of hydrogen-bond acceptors (Lipinski definition) is 5. The van der Waals surface area contributed by atoms with Crippen molar-refractivity contribution in [2.45, 2.75) is 27.7 Å². The lowest BCUT2D eigenvalue weighted by Gasteiger charge is -2.15. The van der Waals surface area contributed by atoms with Crippen LogP contribution in [-0.4, -0.2) is 42.4 Å². The predicted molar refractivity (Wildman–Crippen MR) is 80.8 cm³/mol. The highest BCUT2D eigenvalue weighted by Crippen LogP contribution is 2.14. The summed E-state index contributed by atoms with van der Waals surface area (Å²) < 4.78 is 1.46. The first kappa shape index (κ1) is 18.2. The Hall–Kier alpha value is -1.83. The second-order valence-electron chi connectivity index (χ2n) is 3.91. The maximum atomic E-state index is 5.65. The molecule has 0 amide bonds. The van der Waals surface area contributed by atoms with Gasteiger partial charge in [-0.15, -0.1) is 0 Å². The minimum Gasteiger partial charge on any atom is -0.332 e. The number of nitrogens with zero attached hydrogens (tertiary/aromatic N) is 2. The van der Waals surface area contributed by atoms with E-state index in [4.69, 9.17) is 24.3 Å². The van der Waals surface area contributed by atoms with E-state index < -0.39 is 0 Å². The molecule has 0 unspecified atom stereocenters. The highest BCUT2D eigenvalue weighted by molar-refractivity contribution is 5.66. The zero-order valence-electron chi connectivity index (χ0n) is 13.7. The summed E-state index contributed by atoms with van der Waals surface area (Å²) in [4.78, 5) is 26.9. The fraction of sp³-hybridized carbons (Fsp3) is 0.533. The first-order chi connectivity index (χ1) is 10.8. The first-order valence-electron chi connectivity index (χ1n) is 7.48. The van der Waals surface area contributed by atoms with Crippen LogP contribution in [-0.2, 0) is 24.3 Å². The minimum atomic E-state index is 0.138. The van der Waals surface area contributed by atoms with Gasteiger partial charge in [-0.1, -0.05) is 18.2 Å². The second-order valence-corrected chi connectivity index (χ2v) is 3.91. The monoisotopic (exact) mass is 313 g/mol. The average molecular weight is 313 g/mol. The van der Waals surface area contributed by atoms with Gasteiger partial charge in [0, 0.05) is 4.74 Å². The molecule has 0 atom stereocenters. The zero-order chi connectivity index (χ0) is 16.2. The molecule has 0 aromatic heterocycles. The Bertz CT molecular complexity index is 433. The van der Waals surface area contributed by atoms with Crippen molar-refractivity contribution >= 4 is 11.7 Å². The van der Waals surface area contributed by atoms with E-state index in [9.17, 15) is 0 Å². The van der Waals surface area contributed by atoms with Gasteiger partial charge in [-0.2, -0.15) is 14.6 Å². The van der Waals surface area contributed by atoms with Crippen LogP contribution in [0.25, 0.3) is 0 Å². The van der Waals surface area contributed by atoms with Crippen LogP contribution in [0.15, 0.2) is 30.3 Å². The smallest absolute Gasteiger partial charge is 0.332 e. The van der Waals surface area contributed by atoms with Gasteiger partial charge in [0.2, 0.25) is 0 Å². The molecule has 0 spiro atoms. The van der Waals surface area contributed by atoms with Crippen LogP contribution < -0.4 is 0 Å². The van der Waals surface area contributed by atoms with E-state index in [2.05, 4.69) is 0 Å². The molecular formula is C15H25N2O5+. The largest absolute Gasteiger partial charge is 0.587 e. The standard InChI is InChI=1S/C15H25N2O5/c1-5-18-16(14-12-10-9-11-13-14)15(22-21-8-4)17(19-6-2)20-7-3/h9-13H,5-8H2,1-4H3/q+1. The van der Waals surface area contributed by atoms with Gasteiger partial charge in [0.05, 0.1) is 25.0 Å². The molecule has 7 nitrogen and oxygen atoms in total. The number of amidine groups is 1. The summed E-state index contributed by atoms with van der Waals surface area (Å²) in [7, 11) is 0. The average Bonchev–Trinajstić information content (AvgIpc) is 2.55. The van der Waals surface area contributed by atoms with Crippen LogP contribution in [0.4, 0.5) is 5.69 Å². The molecule has 7 heteroatoms. The third-order valence-electron chi connectivity index (χ3n) is 2.32. The number of hydrogen-bond donors (Lipinski definition) is 0. The molecule has 0 saturated heterocycles. The van der Waals surface area contributed by atoms with Crippen molar-refractivity contribution in [1.82, 2.24) is 5.23 Å². The molecule has 1 aromatic rings. The normalized spacial score (nSPS) is 11.8. The quantitative estimate of drug-likeness (QED) is 0.230. The van der Waals surface area contributed by atoms with Crippen LogP contribution in [0.5, 0.6) is 0 Å². The summed E-state index contributed by atoms with van der Waals surface area (Å²) in [6.45, 7) is 8.97. The van der Waals surface area contributed by atoms with Crippen molar-refractivity contribution in [2.24, 2.45) is 0 Å². The topological polar surface area (TPSA) is 52.4 Å². The van der Waals surface area contributed by atoms with Crippen molar-refractivity contribution in [3.05, 3.63) is 30.3 Å². The van der Waals surface area contributed by atoms with E-state index in [1.807, 2.05) is 58.0 Å². The van der Waals surface area contributed by atoms with E-state index >= 15 is 0 Å². The molecule has 22 heavy (non-hydrogen) atoms. The first-order valence-corrected chi connectivity index (χ1v) is 7.48. The molecule has 1 aromatic carbocycles. The summed E-state index contributed by atoms with van der Waals surface area (Å²) >= 11 is 0. The molecule has 0 heterocycles. The summed E-state index contributed by atoms with van der Waals surface area (Å²) in [5.74, 6) is 0. The van der Waals surface area contributed by atoms with Gasteiger partial charge in [0.25, 0.3) is 0 Å². The summed E-state index contributed by atoms with van der Waals surface area (Å²) in [5, 5.41) is 1.15. The Morgan fingerprint density at radius 3 is 2.05 bits per heavy atom. The van der Waals surface area contributed by atoms with E-state index in [1.54, 1.807) is 0 Å². The molecule has 0 saturated carbocycles. The predicted octanol–water partition coefficient (Wildman–Crippen LogP) is 2.81. The van der Waals surface area contributed by atoms with Gasteiger partial charge >= 0.3 is 6.02 Å². The molecule has 0 bridgehead atoms. The Labute approximate surface area is 131 Å². The summed E-state index contributed by atoms with van der Waals surface area (Å²) in [6.07, 6.45) is 0. The fourth-order valence-corrected chi connectivity index (χ4v) is 1.56. The Morgan fingerprint density at radius 2 is 1.55 bits per heavy atom.